The number of ether oxygens (including phenoxy) is 2. The van der Waals surface area contributed by atoms with Gasteiger partial charge in [-0.05, 0) is 24.3 Å². The normalized spacial score (nSPS) is 10.5. The van der Waals surface area contributed by atoms with Gasteiger partial charge in [0.1, 0.15) is 17.8 Å². The van der Waals surface area contributed by atoms with Crippen molar-refractivity contribution in [3.8, 4) is 11.5 Å². The molecule has 92 valence electrons. The van der Waals surface area contributed by atoms with Crippen LogP contribution in [-0.2, 0) is 0 Å². The summed E-state index contributed by atoms with van der Waals surface area (Å²) < 4.78 is 10.5. The van der Waals surface area contributed by atoms with E-state index in [4.69, 9.17) is 9.47 Å². The maximum absolute atomic E-state index is 10.8. The van der Waals surface area contributed by atoms with E-state index in [0.29, 0.717) is 17.1 Å². The Morgan fingerprint density at radius 1 is 1.24 bits per heavy atom. The first-order chi connectivity index (χ1) is 8.26. The van der Waals surface area contributed by atoms with Gasteiger partial charge in [-0.2, -0.15) is 12.6 Å². The number of rotatable bonds is 6. The van der Waals surface area contributed by atoms with Gasteiger partial charge in [0, 0.05) is 5.56 Å². The van der Waals surface area contributed by atoms with Gasteiger partial charge in [0.25, 0.3) is 0 Å². The van der Waals surface area contributed by atoms with E-state index in [1.165, 1.54) is 0 Å². The molecule has 3 nitrogen and oxygen atoms in total. The lowest BCUT2D eigenvalue weighted by Crippen LogP contribution is -1.95. The summed E-state index contributed by atoms with van der Waals surface area (Å²) in [5.41, 5.74) is 1.37. The minimum atomic E-state index is 0.532. The zero-order valence-electron chi connectivity index (χ0n) is 9.97. The molecule has 0 bridgehead atoms. The average molecular weight is 252 g/mol. The van der Waals surface area contributed by atoms with Crippen molar-refractivity contribution in [3.05, 3.63) is 29.3 Å². The zero-order chi connectivity index (χ0) is 12.7. The third kappa shape index (κ3) is 3.53. The van der Waals surface area contributed by atoms with Crippen molar-refractivity contribution in [1.29, 1.82) is 0 Å². The average Bonchev–Trinajstić information content (AvgIpc) is 2.38. The standard InChI is InChI=1S/C13H16O3S/c1-15-12-7-10(9-14)8-13(16-2)11(12)5-3-4-6-17/h3,5,7-9,17H,4,6H2,1-2H3. The number of carbonyl (C=O) groups is 1. The first-order valence-electron chi connectivity index (χ1n) is 5.25. The smallest absolute Gasteiger partial charge is 0.150 e. The number of benzene rings is 1. The summed E-state index contributed by atoms with van der Waals surface area (Å²) in [5.74, 6) is 2.04. The van der Waals surface area contributed by atoms with Crippen LogP contribution >= 0.6 is 12.6 Å². The molecule has 1 rings (SSSR count). The summed E-state index contributed by atoms with van der Waals surface area (Å²) in [7, 11) is 3.14. The Hall–Kier alpha value is -1.42. The van der Waals surface area contributed by atoms with Crippen molar-refractivity contribution < 1.29 is 14.3 Å². The fourth-order valence-electron chi connectivity index (χ4n) is 1.47. The lowest BCUT2D eigenvalue weighted by Gasteiger charge is -2.11. The van der Waals surface area contributed by atoms with E-state index in [-0.39, 0.29) is 0 Å². The predicted octanol–water partition coefficient (Wildman–Crippen LogP) is 2.85. The number of hydrogen-bond acceptors (Lipinski definition) is 4. The lowest BCUT2D eigenvalue weighted by molar-refractivity contribution is 0.112. The van der Waals surface area contributed by atoms with Crippen LogP contribution in [0.3, 0.4) is 0 Å². The zero-order valence-corrected chi connectivity index (χ0v) is 10.9. The largest absolute Gasteiger partial charge is 0.496 e. The fourth-order valence-corrected chi connectivity index (χ4v) is 1.62. The van der Waals surface area contributed by atoms with Gasteiger partial charge in [-0.1, -0.05) is 12.2 Å². The van der Waals surface area contributed by atoms with Gasteiger partial charge in [-0.25, -0.2) is 0 Å². The number of methoxy groups -OCH3 is 2. The highest BCUT2D eigenvalue weighted by molar-refractivity contribution is 7.80. The van der Waals surface area contributed by atoms with Crippen LogP contribution < -0.4 is 9.47 Å². The maximum Gasteiger partial charge on any atom is 0.150 e. The van der Waals surface area contributed by atoms with Crippen molar-refractivity contribution in [1.82, 2.24) is 0 Å². The monoisotopic (exact) mass is 252 g/mol. The molecule has 0 aliphatic heterocycles. The van der Waals surface area contributed by atoms with Gasteiger partial charge in [0.05, 0.1) is 19.8 Å². The van der Waals surface area contributed by atoms with Gasteiger partial charge in [-0.15, -0.1) is 0 Å². The van der Waals surface area contributed by atoms with Crippen LogP contribution in [-0.4, -0.2) is 26.3 Å². The molecule has 0 aliphatic rings. The summed E-state index contributed by atoms with van der Waals surface area (Å²) in [6.07, 6.45) is 5.55. The van der Waals surface area contributed by atoms with Crippen LogP contribution in [0.25, 0.3) is 6.08 Å². The van der Waals surface area contributed by atoms with Crippen molar-refractivity contribution >= 4 is 25.0 Å². The molecule has 0 aromatic heterocycles. The molecule has 0 heterocycles. The number of thiol groups is 1. The van der Waals surface area contributed by atoms with Gasteiger partial charge in [-0.3, -0.25) is 4.79 Å². The Morgan fingerprint density at radius 2 is 1.82 bits per heavy atom. The Bertz CT molecular complexity index is 388. The van der Waals surface area contributed by atoms with Gasteiger partial charge in [0.2, 0.25) is 0 Å². The van der Waals surface area contributed by atoms with E-state index >= 15 is 0 Å². The Morgan fingerprint density at radius 3 is 2.24 bits per heavy atom. The second kappa shape index (κ2) is 7.01. The van der Waals surface area contributed by atoms with E-state index in [0.717, 1.165) is 24.0 Å². The quantitative estimate of drug-likeness (QED) is 0.624. The summed E-state index contributed by atoms with van der Waals surface area (Å²) >= 11 is 4.14. The molecule has 0 unspecified atom stereocenters. The number of hydrogen-bond donors (Lipinski definition) is 1. The first kappa shape index (κ1) is 13.6. The minimum Gasteiger partial charge on any atom is -0.496 e. The Balaban J connectivity index is 3.19. The Kier molecular flexibility index (Phi) is 5.63. The van der Waals surface area contributed by atoms with E-state index in [9.17, 15) is 4.79 Å². The molecule has 0 saturated heterocycles. The number of carbonyl (C=O) groups excluding carboxylic acids is 1. The SMILES string of the molecule is COc1cc(C=O)cc(OC)c1C=CCCS. The minimum absolute atomic E-state index is 0.532. The molecule has 0 amide bonds. The molecule has 0 atom stereocenters. The highest BCUT2D eigenvalue weighted by Crippen LogP contribution is 2.31. The molecule has 0 saturated carbocycles. The van der Waals surface area contributed by atoms with Crippen LogP contribution in [0.2, 0.25) is 0 Å². The summed E-state index contributed by atoms with van der Waals surface area (Å²) in [5, 5.41) is 0. The van der Waals surface area contributed by atoms with Crippen molar-refractivity contribution in [3.63, 3.8) is 0 Å². The van der Waals surface area contributed by atoms with Gasteiger partial charge >= 0.3 is 0 Å². The van der Waals surface area contributed by atoms with Crippen LogP contribution in [0.4, 0.5) is 0 Å². The third-order valence-corrected chi connectivity index (χ3v) is 2.54. The molecule has 0 N–H and O–H groups in total. The van der Waals surface area contributed by atoms with E-state index in [1.54, 1.807) is 26.4 Å². The third-order valence-electron chi connectivity index (χ3n) is 2.28. The second-order valence-corrected chi connectivity index (χ2v) is 3.82. The molecule has 4 heteroatoms. The first-order valence-corrected chi connectivity index (χ1v) is 5.88. The summed E-state index contributed by atoms with van der Waals surface area (Å²) in [6.45, 7) is 0. The van der Waals surface area contributed by atoms with Crippen LogP contribution in [0, 0.1) is 0 Å². The second-order valence-electron chi connectivity index (χ2n) is 3.37. The highest BCUT2D eigenvalue weighted by atomic mass is 32.1. The van der Waals surface area contributed by atoms with Gasteiger partial charge in [0.15, 0.2) is 0 Å². The van der Waals surface area contributed by atoms with Crippen molar-refractivity contribution in [2.24, 2.45) is 0 Å². The lowest BCUT2D eigenvalue weighted by atomic mass is 10.1. The molecular weight excluding hydrogens is 236 g/mol. The molecule has 0 spiro atoms. The molecule has 0 radical (unpaired) electrons. The highest BCUT2D eigenvalue weighted by Gasteiger charge is 2.09. The molecule has 1 aromatic carbocycles. The van der Waals surface area contributed by atoms with Gasteiger partial charge < -0.3 is 9.47 Å². The van der Waals surface area contributed by atoms with Crippen molar-refractivity contribution in [2.75, 3.05) is 20.0 Å². The molecule has 0 aliphatic carbocycles. The van der Waals surface area contributed by atoms with Crippen molar-refractivity contribution in [2.45, 2.75) is 6.42 Å². The summed E-state index contributed by atoms with van der Waals surface area (Å²) in [4.78, 5) is 10.8. The fraction of sp³-hybridized carbons (Fsp3) is 0.308. The molecule has 1 aromatic rings. The molecule has 0 fully saturated rings. The van der Waals surface area contributed by atoms with E-state index < -0.39 is 0 Å². The van der Waals surface area contributed by atoms with Crippen LogP contribution in [0.5, 0.6) is 11.5 Å². The molecule has 17 heavy (non-hydrogen) atoms. The predicted molar refractivity (Wildman–Crippen MR) is 72.4 cm³/mol. The molecular formula is C13H16O3S. The number of aldehydes is 1. The maximum atomic E-state index is 10.8. The Labute approximate surface area is 107 Å². The summed E-state index contributed by atoms with van der Waals surface area (Å²) in [6, 6.07) is 3.38. The topological polar surface area (TPSA) is 35.5 Å². The van der Waals surface area contributed by atoms with Crippen LogP contribution in [0.1, 0.15) is 22.3 Å². The van der Waals surface area contributed by atoms with E-state index in [2.05, 4.69) is 12.6 Å². The van der Waals surface area contributed by atoms with Crippen LogP contribution in [0.15, 0.2) is 18.2 Å². The van der Waals surface area contributed by atoms with E-state index in [1.807, 2.05) is 12.2 Å². The number of allylic oxidation sites excluding steroid dienone is 1.